The van der Waals surface area contributed by atoms with Crippen LogP contribution in [0.3, 0.4) is 0 Å². The number of hydrogen-bond acceptors (Lipinski definition) is 3. The standard InChI is InChI=1S/C14H8FI3O4/c15-9-2-1-6(13(19)20)3-11(9)22-14(21)8-4-7(16)5-10(17)12(8)18/h1-5,14,21H,(H,19,20). The first-order valence-electron chi connectivity index (χ1n) is 5.81. The van der Waals surface area contributed by atoms with E-state index in [9.17, 15) is 14.3 Å². The highest BCUT2D eigenvalue weighted by Crippen LogP contribution is 2.30. The lowest BCUT2D eigenvalue weighted by Crippen LogP contribution is -2.11. The van der Waals surface area contributed by atoms with Crippen molar-refractivity contribution >= 4 is 73.7 Å². The summed E-state index contributed by atoms with van der Waals surface area (Å²) in [5.74, 6) is -2.24. The summed E-state index contributed by atoms with van der Waals surface area (Å²) in [5.41, 5.74) is 0.382. The van der Waals surface area contributed by atoms with Crippen molar-refractivity contribution < 1.29 is 24.1 Å². The highest BCUT2D eigenvalue weighted by Gasteiger charge is 2.19. The zero-order valence-electron chi connectivity index (χ0n) is 10.7. The van der Waals surface area contributed by atoms with E-state index in [4.69, 9.17) is 9.84 Å². The Hall–Kier alpha value is -0.210. The molecule has 1 atom stereocenters. The molecule has 2 aromatic rings. The number of ether oxygens (including phenoxy) is 1. The molecule has 1 unspecified atom stereocenters. The first kappa shape index (κ1) is 18.1. The maximum atomic E-state index is 13.7. The van der Waals surface area contributed by atoms with E-state index < -0.39 is 18.1 Å². The van der Waals surface area contributed by atoms with Crippen molar-refractivity contribution in [2.75, 3.05) is 0 Å². The number of aliphatic hydroxyl groups excluding tert-OH is 1. The quantitative estimate of drug-likeness (QED) is 0.296. The molecule has 4 nitrogen and oxygen atoms in total. The SMILES string of the molecule is O=C(O)c1ccc(F)c(OC(O)c2cc(I)cc(I)c2I)c1. The van der Waals surface area contributed by atoms with Gasteiger partial charge >= 0.3 is 5.97 Å². The highest BCUT2D eigenvalue weighted by molar-refractivity contribution is 14.1. The second-order valence-electron chi connectivity index (χ2n) is 4.21. The lowest BCUT2D eigenvalue weighted by Gasteiger charge is -2.17. The van der Waals surface area contributed by atoms with Crippen LogP contribution in [-0.2, 0) is 0 Å². The number of halogens is 4. The second-order valence-corrected chi connectivity index (χ2v) is 7.70. The number of aliphatic hydroxyl groups is 1. The smallest absolute Gasteiger partial charge is 0.335 e. The number of carboxylic acids is 1. The van der Waals surface area contributed by atoms with E-state index in [1.165, 1.54) is 0 Å². The van der Waals surface area contributed by atoms with Crippen LogP contribution in [0.15, 0.2) is 30.3 Å². The number of aromatic carboxylic acids is 1. The van der Waals surface area contributed by atoms with Gasteiger partial charge in [0.25, 0.3) is 0 Å². The van der Waals surface area contributed by atoms with Crippen molar-refractivity contribution in [1.82, 2.24) is 0 Å². The minimum atomic E-state index is -1.39. The van der Waals surface area contributed by atoms with Crippen LogP contribution in [0.5, 0.6) is 5.75 Å². The van der Waals surface area contributed by atoms with Crippen molar-refractivity contribution in [2.45, 2.75) is 6.29 Å². The Kier molecular flexibility index (Phi) is 6.24. The summed E-state index contributed by atoms with van der Waals surface area (Å²) in [6, 6.07) is 6.84. The van der Waals surface area contributed by atoms with Gasteiger partial charge in [-0.05, 0) is 98.1 Å². The first-order valence-corrected chi connectivity index (χ1v) is 9.05. The average molecular weight is 640 g/mol. The minimum absolute atomic E-state index is 0.115. The van der Waals surface area contributed by atoms with Crippen molar-refractivity contribution in [3.63, 3.8) is 0 Å². The van der Waals surface area contributed by atoms with Gasteiger partial charge in [-0.15, -0.1) is 0 Å². The van der Waals surface area contributed by atoms with Crippen LogP contribution in [0.2, 0.25) is 0 Å². The van der Waals surface area contributed by atoms with E-state index in [1.807, 2.05) is 6.07 Å². The zero-order valence-corrected chi connectivity index (χ0v) is 17.2. The van der Waals surface area contributed by atoms with Crippen molar-refractivity contribution in [2.24, 2.45) is 0 Å². The molecule has 0 heterocycles. The molecule has 0 saturated heterocycles. The predicted molar refractivity (Wildman–Crippen MR) is 104 cm³/mol. The Morgan fingerprint density at radius 1 is 1.18 bits per heavy atom. The van der Waals surface area contributed by atoms with Crippen molar-refractivity contribution in [3.05, 3.63) is 58.0 Å². The maximum absolute atomic E-state index is 13.7. The summed E-state index contributed by atoms with van der Waals surface area (Å²) >= 11 is 6.30. The average Bonchev–Trinajstić information content (AvgIpc) is 2.44. The molecule has 0 saturated carbocycles. The fraction of sp³-hybridized carbons (Fsp3) is 0.0714. The van der Waals surface area contributed by atoms with Crippen LogP contribution in [-0.4, -0.2) is 16.2 Å². The van der Waals surface area contributed by atoms with E-state index in [0.29, 0.717) is 5.56 Å². The third kappa shape index (κ3) is 4.20. The van der Waals surface area contributed by atoms with Gasteiger partial charge in [-0.25, -0.2) is 9.18 Å². The molecule has 0 spiro atoms. The fourth-order valence-electron chi connectivity index (χ4n) is 1.67. The van der Waals surface area contributed by atoms with E-state index in [0.717, 1.165) is 28.9 Å². The Morgan fingerprint density at radius 2 is 1.86 bits per heavy atom. The number of benzene rings is 2. The molecule has 0 aliphatic carbocycles. The van der Waals surface area contributed by atoms with Crippen LogP contribution < -0.4 is 4.74 Å². The summed E-state index contributed by atoms with van der Waals surface area (Å²) in [5, 5.41) is 19.1. The van der Waals surface area contributed by atoms with Crippen molar-refractivity contribution in [3.8, 4) is 5.75 Å². The Bertz CT molecular complexity index is 736. The molecule has 0 fully saturated rings. The van der Waals surface area contributed by atoms with Crippen LogP contribution >= 0.6 is 67.8 Å². The Balaban J connectivity index is 2.35. The lowest BCUT2D eigenvalue weighted by atomic mass is 10.2. The molecule has 0 aliphatic rings. The minimum Gasteiger partial charge on any atom is -0.478 e. The van der Waals surface area contributed by atoms with Crippen LogP contribution in [0.25, 0.3) is 0 Å². The molecular weight excluding hydrogens is 632 g/mol. The summed E-state index contributed by atoms with van der Waals surface area (Å²) in [4.78, 5) is 10.9. The van der Waals surface area contributed by atoms with Gasteiger partial charge in [0.1, 0.15) is 0 Å². The van der Waals surface area contributed by atoms with Crippen LogP contribution in [0.4, 0.5) is 4.39 Å². The molecule has 0 radical (unpaired) electrons. The van der Waals surface area contributed by atoms with Crippen LogP contribution in [0, 0.1) is 16.5 Å². The van der Waals surface area contributed by atoms with Gasteiger partial charge in [-0.2, -0.15) is 0 Å². The molecule has 2 N–H and O–H groups in total. The van der Waals surface area contributed by atoms with Gasteiger partial charge in [0, 0.05) is 16.3 Å². The van der Waals surface area contributed by atoms with E-state index in [-0.39, 0.29) is 11.3 Å². The third-order valence-electron chi connectivity index (χ3n) is 2.70. The van der Waals surface area contributed by atoms with Gasteiger partial charge in [-0.3, -0.25) is 0 Å². The Labute approximate surface area is 166 Å². The number of carbonyl (C=O) groups is 1. The predicted octanol–water partition coefficient (Wildman–Crippen LogP) is 4.41. The molecule has 0 bridgehead atoms. The van der Waals surface area contributed by atoms with Crippen molar-refractivity contribution in [1.29, 1.82) is 0 Å². The number of hydrogen-bond donors (Lipinski definition) is 2. The van der Waals surface area contributed by atoms with Gasteiger partial charge < -0.3 is 14.9 Å². The van der Waals surface area contributed by atoms with Gasteiger partial charge in [0.2, 0.25) is 6.29 Å². The van der Waals surface area contributed by atoms with E-state index in [1.54, 1.807) is 6.07 Å². The molecule has 2 aromatic carbocycles. The molecule has 0 aliphatic heterocycles. The molecule has 116 valence electrons. The van der Waals surface area contributed by atoms with Crippen LogP contribution in [0.1, 0.15) is 22.2 Å². The second kappa shape index (κ2) is 7.57. The molecule has 0 aromatic heterocycles. The maximum Gasteiger partial charge on any atom is 0.335 e. The summed E-state index contributed by atoms with van der Waals surface area (Å²) in [6.45, 7) is 0. The lowest BCUT2D eigenvalue weighted by molar-refractivity contribution is -0.0229. The Morgan fingerprint density at radius 3 is 2.50 bits per heavy atom. The largest absolute Gasteiger partial charge is 0.478 e. The monoisotopic (exact) mass is 640 g/mol. The molecular formula is C14H8FI3O4. The number of carboxylic acid groups (broad SMARTS) is 1. The summed E-state index contributed by atoms with van der Waals surface area (Å²) in [7, 11) is 0. The summed E-state index contributed by atoms with van der Waals surface area (Å²) < 4.78 is 21.6. The van der Waals surface area contributed by atoms with Gasteiger partial charge in [0.05, 0.1) is 5.56 Å². The number of rotatable bonds is 4. The normalized spacial score (nSPS) is 12.0. The molecule has 8 heteroatoms. The summed E-state index contributed by atoms with van der Waals surface area (Å²) in [6.07, 6.45) is -1.39. The zero-order chi connectivity index (χ0) is 16.4. The topological polar surface area (TPSA) is 66.8 Å². The third-order valence-corrected chi connectivity index (χ3v) is 6.41. The van der Waals surface area contributed by atoms with E-state index >= 15 is 0 Å². The van der Waals surface area contributed by atoms with E-state index in [2.05, 4.69) is 67.8 Å². The highest BCUT2D eigenvalue weighted by atomic mass is 127. The van der Waals surface area contributed by atoms with Gasteiger partial charge in [0.15, 0.2) is 11.6 Å². The van der Waals surface area contributed by atoms with Gasteiger partial charge in [-0.1, -0.05) is 0 Å². The fourth-order valence-corrected chi connectivity index (χ4v) is 4.13. The molecule has 2 rings (SSSR count). The first-order chi connectivity index (χ1) is 10.3. The molecule has 22 heavy (non-hydrogen) atoms. The molecule has 0 amide bonds.